The average molecular weight is 316 g/mol. The summed E-state index contributed by atoms with van der Waals surface area (Å²) in [5.74, 6) is 0. The van der Waals surface area contributed by atoms with Crippen LogP contribution >= 0.6 is 0 Å². The third kappa shape index (κ3) is 24.9. The first-order chi connectivity index (χ1) is 10.7. The predicted molar refractivity (Wildman–Crippen MR) is 102 cm³/mol. The van der Waals surface area contributed by atoms with Gasteiger partial charge in [-0.2, -0.15) is 0 Å². The first-order valence-electron chi connectivity index (χ1n) is 9.99. The molecule has 0 bridgehead atoms. The van der Waals surface area contributed by atoms with Gasteiger partial charge in [0.2, 0.25) is 0 Å². The monoisotopic (exact) mass is 315 g/mol. The molecule has 0 aromatic heterocycles. The summed E-state index contributed by atoms with van der Waals surface area (Å²) < 4.78 is 4.94. The highest BCUT2D eigenvalue weighted by molar-refractivity contribution is 4.46. The van der Waals surface area contributed by atoms with Gasteiger partial charge >= 0.3 is 0 Å². The summed E-state index contributed by atoms with van der Waals surface area (Å²) in [6, 6.07) is 0. The van der Waals surface area contributed by atoms with Crippen molar-refractivity contribution >= 4 is 0 Å². The van der Waals surface area contributed by atoms with Crippen LogP contribution in [0.1, 0.15) is 98.3 Å². The number of unbranched alkanes of at least 4 members (excludes halogenated alkanes) is 7. The van der Waals surface area contributed by atoms with Gasteiger partial charge in [-0.05, 0) is 39.4 Å². The molecular formula is C20H45NO. The van der Waals surface area contributed by atoms with Gasteiger partial charge in [0.05, 0.1) is 0 Å². The molecule has 0 saturated carbocycles. The fourth-order valence-corrected chi connectivity index (χ4v) is 2.15. The minimum Gasteiger partial charge on any atom is -0.381 e. The van der Waals surface area contributed by atoms with Crippen LogP contribution in [0.2, 0.25) is 0 Å². The Hall–Kier alpha value is -0.0800. The van der Waals surface area contributed by atoms with Crippen molar-refractivity contribution in [1.29, 1.82) is 0 Å². The Bertz CT molecular complexity index is 155. The molecule has 1 saturated heterocycles. The van der Waals surface area contributed by atoms with Crippen molar-refractivity contribution in [2.24, 2.45) is 0 Å². The van der Waals surface area contributed by atoms with E-state index < -0.39 is 0 Å². The summed E-state index contributed by atoms with van der Waals surface area (Å²) in [5, 5.41) is 0. The van der Waals surface area contributed by atoms with Crippen LogP contribution in [0.15, 0.2) is 0 Å². The van der Waals surface area contributed by atoms with Crippen LogP contribution in [-0.4, -0.2) is 38.3 Å². The van der Waals surface area contributed by atoms with E-state index in [1.165, 1.54) is 83.7 Å². The summed E-state index contributed by atoms with van der Waals surface area (Å²) in [6.45, 7) is 13.4. The topological polar surface area (TPSA) is 12.5 Å². The van der Waals surface area contributed by atoms with Crippen molar-refractivity contribution in [1.82, 2.24) is 4.90 Å². The van der Waals surface area contributed by atoms with Crippen LogP contribution < -0.4 is 0 Å². The van der Waals surface area contributed by atoms with Crippen molar-refractivity contribution in [2.45, 2.75) is 98.3 Å². The van der Waals surface area contributed by atoms with Gasteiger partial charge in [-0.25, -0.2) is 0 Å². The fourth-order valence-electron chi connectivity index (χ4n) is 2.15. The standard InChI is InChI=1S/C8H19N.C8H18.C4H8O/c1-4-6-7-8-9(3)5-2;1-3-5-7-8-6-4-2;1-2-4-5-3-1/h4-8H2,1-3H3;3-8H2,1-2H3;1-4H2. The van der Waals surface area contributed by atoms with Gasteiger partial charge in [-0.3, -0.25) is 0 Å². The molecular weight excluding hydrogens is 270 g/mol. The van der Waals surface area contributed by atoms with Crippen molar-refractivity contribution in [3.05, 3.63) is 0 Å². The van der Waals surface area contributed by atoms with Crippen LogP contribution in [-0.2, 0) is 4.74 Å². The summed E-state index contributed by atoms with van der Waals surface area (Å²) in [4.78, 5) is 2.36. The molecule has 1 rings (SSSR count). The normalized spacial score (nSPS) is 13.4. The van der Waals surface area contributed by atoms with Crippen molar-refractivity contribution in [2.75, 3.05) is 33.4 Å². The third-order valence-corrected chi connectivity index (χ3v) is 3.97. The Balaban J connectivity index is 0. The lowest BCUT2D eigenvalue weighted by atomic mass is 10.1. The molecule has 2 nitrogen and oxygen atoms in total. The van der Waals surface area contributed by atoms with E-state index in [9.17, 15) is 0 Å². The first kappa shape index (κ1) is 24.2. The molecule has 0 N–H and O–H groups in total. The van der Waals surface area contributed by atoms with Crippen LogP contribution in [0.25, 0.3) is 0 Å². The second-order valence-electron chi connectivity index (χ2n) is 6.34. The van der Waals surface area contributed by atoms with Crippen LogP contribution in [0, 0.1) is 0 Å². The number of rotatable bonds is 10. The molecule has 1 heterocycles. The van der Waals surface area contributed by atoms with Crippen LogP contribution in [0.4, 0.5) is 0 Å². The SMILES string of the molecule is C1CCOC1.CCCCCCCC.CCCCCN(C)CC. The van der Waals surface area contributed by atoms with E-state index >= 15 is 0 Å². The molecule has 0 spiro atoms. The second kappa shape index (κ2) is 23.2. The zero-order valence-corrected chi connectivity index (χ0v) is 16.5. The summed E-state index contributed by atoms with van der Waals surface area (Å²) in [6.07, 6.45) is 15.1. The molecule has 0 atom stereocenters. The van der Waals surface area contributed by atoms with Crippen LogP contribution in [0.3, 0.4) is 0 Å². The molecule has 0 aromatic rings. The van der Waals surface area contributed by atoms with Crippen molar-refractivity contribution in [3.63, 3.8) is 0 Å². The molecule has 136 valence electrons. The predicted octanol–water partition coefficient (Wildman–Crippen LogP) is 6.29. The lowest BCUT2D eigenvalue weighted by Crippen LogP contribution is -2.18. The summed E-state index contributed by atoms with van der Waals surface area (Å²) in [7, 11) is 2.18. The number of ether oxygens (including phenoxy) is 1. The van der Waals surface area contributed by atoms with Gasteiger partial charge in [0, 0.05) is 13.2 Å². The molecule has 1 aliphatic heterocycles. The van der Waals surface area contributed by atoms with E-state index in [4.69, 9.17) is 4.74 Å². The molecule has 2 heteroatoms. The highest BCUT2D eigenvalue weighted by atomic mass is 16.5. The number of hydrogen-bond donors (Lipinski definition) is 0. The second-order valence-corrected chi connectivity index (χ2v) is 6.34. The van der Waals surface area contributed by atoms with Gasteiger partial charge in [0.25, 0.3) is 0 Å². The third-order valence-electron chi connectivity index (χ3n) is 3.97. The van der Waals surface area contributed by atoms with E-state index in [0.717, 1.165) is 13.2 Å². The van der Waals surface area contributed by atoms with Gasteiger partial charge in [0.1, 0.15) is 0 Å². The molecule has 0 aromatic carbocycles. The molecule has 1 fully saturated rings. The van der Waals surface area contributed by atoms with Gasteiger partial charge in [0.15, 0.2) is 0 Å². The molecule has 1 aliphatic rings. The van der Waals surface area contributed by atoms with E-state index in [2.05, 4.69) is 39.6 Å². The quantitative estimate of drug-likeness (QED) is 0.439. The average Bonchev–Trinajstić information content (AvgIpc) is 3.12. The number of nitrogens with zero attached hydrogens (tertiary/aromatic N) is 1. The van der Waals surface area contributed by atoms with Gasteiger partial charge in [-0.1, -0.05) is 79.1 Å². The summed E-state index contributed by atoms with van der Waals surface area (Å²) in [5.41, 5.74) is 0. The Kier molecular flexibility index (Phi) is 25.5. The Labute approximate surface area is 142 Å². The van der Waals surface area contributed by atoms with Gasteiger partial charge < -0.3 is 9.64 Å². The van der Waals surface area contributed by atoms with E-state index in [1.54, 1.807) is 0 Å². The van der Waals surface area contributed by atoms with Gasteiger partial charge in [-0.15, -0.1) is 0 Å². The molecule has 22 heavy (non-hydrogen) atoms. The zero-order valence-electron chi connectivity index (χ0n) is 16.5. The lowest BCUT2D eigenvalue weighted by Gasteiger charge is -2.12. The molecule has 0 unspecified atom stereocenters. The smallest absolute Gasteiger partial charge is 0.0466 e. The minimum absolute atomic E-state index is 1.00. The Morgan fingerprint density at radius 3 is 1.45 bits per heavy atom. The van der Waals surface area contributed by atoms with Crippen molar-refractivity contribution < 1.29 is 4.74 Å². The molecule has 0 aliphatic carbocycles. The maximum Gasteiger partial charge on any atom is 0.0466 e. The first-order valence-corrected chi connectivity index (χ1v) is 9.99. The van der Waals surface area contributed by atoms with Crippen LogP contribution in [0.5, 0.6) is 0 Å². The van der Waals surface area contributed by atoms with E-state index in [-0.39, 0.29) is 0 Å². The minimum atomic E-state index is 1.00. The fraction of sp³-hybridized carbons (Fsp3) is 1.00. The molecule has 0 radical (unpaired) electrons. The van der Waals surface area contributed by atoms with E-state index in [0.29, 0.717) is 0 Å². The molecule has 0 amide bonds. The largest absolute Gasteiger partial charge is 0.381 e. The Morgan fingerprint density at radius 1 is 0.682 bits per heavy atom. The zero-order chi connectivity index (χ0) is 16.9. The number of hydrogen-bond acceptors (Lipinski definition) is 2. The van der Waals surface area contributed by atoms with Crippen molar-refractivity contribution in [3.8, 4) is 0 Å². The lowest BCUT2D eigenvalue weighted by molar-refractivity contribution is 0.198. The highest BCUT2D eigenvalue weighted by Gasteiger charge is 1.94. The highest BCUT2D eigenvalue weighted by Crippen LogP contribution is 2.03. The Morgan fingerprint density at radius 2 is 1.14 bits per heavy atom. The maximum absolute atomic E-state index is 4.94. The van der Waals surface area contributed by atoms with E-state index in [1.807, 2.05) is 0 Å². The summed E-state index contributed by atoms with van der Waals surface area (Å²) >= 11 is 0. The maximum atomic E-state index is 4.94.